The first-order chi connectivity index (χ1) is 12.9. The van der Waals surface area contributed by atoms with E-state index >= 15 is 0 Å². The highest BCUT2D eigenvalue weighted by atomic mass is 16.5. The van der Waals surface area contributed by atoms with Crippen molar-refractivity contribution in [2.75, 3.05) is 12.4 Å². The van der Waals surface area contributed by atoms with Crippen LogP contribution in [-0.2, 0) is 4.79 Å². The number of ether oxygens (including phenoxy) is 1. The van der Waals surface area contributed by atoms with Crippen LogP contribution in [0.3, 0.4) is 0 Å². The van der Waals surface area contributed by atoms with Crippen LogP contribution in [0, 0.1) is 6.92 Å². The van der Waals surface area contributed by atoms with E-state index in [0.717, 1.165) is 5.56 Å². The smallest absolute Gasteiger partial charge is 0.254 e. The predicted molar refractivity (Wildman–Crippen MR) is 101 cm³/mol. The van der Waals surface area contributed by atoms with Gasteiger partial charge < -0.3 is 20.2 Å². The van der Waals surface area contributed by atoms with Gasteiger partial charge in [-0.05, 0) is 37.3 Å². The molecule has 0 atom stereocenters. The molecule has 0 aliphatic heterocycles. The summed E-state index contributed by atoms with van der Waals surface area (Å²) in [5.41, 5.74) is 8.24. The van der Waals surface area contributed by atoms with E-state index in [1.807, 2.05) is 19.1 Å². The number of nitrogens with zero attached hydrogens (tertiary/aromatic N) is 1. The Labute approximate surface area is 156 Å². The summed E-state index contributed by atoms with van der Waals surface area (Å²) in [4.78, 5) is 27.6. The van der Waals surface area contributed by atoms with Gasteiger partial charge in [0.25, 0.3) is 5.91 Å². The average Bonchev–Trinajstić information content (AvgIpc) is 3.07. The minimum atomic E-state index is -0.657. The van der Waals surface area contributed by atoms with Crippen molar-refractivity contribution in [1.29, 1.82) is 0 Å². The van der Waals surface area contributed by atoms with Crippen LogP contribution in [0.25, 0.3) is 22.6 Å². The monoisotopic (exact) mass is 365 g/mol. The summed E-state index contributed by atoms with van der Waals surface area (Å²) in [7, 11) is 1.43. The molecule has 3 aromatic rings. The number of carbonyl (C=O) groups excluding carboxylic acids is 2. The van der Waals surface area contributed by atoms with Gasteiger partial charge in [-0.1, -0.05) is 12.1 Å². The number of carbonyl (C=O) groups is 2. The fourth-order valence-corrected chi connectivity index (χ4v) is 2.76. The lowest BCUT2D eigenvalue weighted by Crippen LogP contribution is -2.15. The number of nitrogens with one attached hydrogen (secondary N) is 1. The zero-order valence-corrected chi connectivity index (χ0v) is 15.2. The number of hydrogen-bond acceptors (Lipinski definition) is 5. The highest BCUT2D eigenvalue weighted by Crippen LogP contribution is 2.34. The minimum absolute atomic E-state index is 0.120. The molecule has 0 saturated heterocycles. The van der Waals surface area contributed by atoms with Crippen LogP contribution in [-0.4, -0.2) is 23.9 Å². The van der Waals surface area contributed by atoms with Crippen molar-refractivity contribution >= 4 is 17.5 Å². The van der Waals surface area contributed by atoms with Gasteiger partial charge in [-0.2, -0.15) is 0 Å². The molecule has 2 heterocycles. The van der Waals surface area contributed by atoms with Gasteiger partial charge in [-0.25, -0.2) is 4.98 Å². The van der Waals surface area contributed by atoms with Gasteiger partial charge in [0, 0.05) is 23.7 Å². The summed E-state index contributed by atoms with van der Waals surface area (Å²) in [5, 5.41) is 2.71. The summed E-state index contributed by atoms with van der Waals surface area (Å²) in [6.45, 7) is 3.26. The largest absolute Gasteiger partial charge is 0.480 e. The number of pyridine rings is 1. The summed E-state index contributed by atoms with van der Waals surface area (Å²) in [5.74, 6) is 0.519. The van der Waals surface area contributed by atoms with Gasteiger partial charge in [0.05, 0.1) is 12.8 Å². The third-order valence-electron chi connectivity index (χ3n) is 3.93. The first-order valence-corrected chi connectivity index (χ1v) is 8.22. The average molecular weight is 365 g/mol. The number of amides is 2. The Balaban J connectivity index is 2.14. The second-order valence-corrected chi connectivity index (χ2v) is 5.97. The molecule has 0 aliphatic rings. The highest BCUT2D eigenvalue weighted by Gasteiger charge is 2.22. The van der Waals surface area contributed by atoms with Crippen LogP contribution in [0.4, 0.5) is 5.69 Å². The van der Waals surface area contributed by atoms with Gasteiger partial charge in [0.2, 0.25) is 11.8 Å². The van der Waals surface area contributed by atoms with Crippen molar-refractivity contribution in [1.82, 2.24) is 4.98 Å². The topological polar surface area (TPSA) is 107 Å². The van der Waals surface area contributed by atoms with Crippen molar-refractivity contribution in [2.45, 2.75) is 13.8 Å². The van der Waals surface area contributed by atoms with Crippen LogP contribution < -0.4 is 15.8 Å². The van der Waals surface area contributed by atoms with E-state index in [1.165, 1.54) is 14.0 Å². The van der Waals surface area contributed by atoms with Gasteiger partial charge in [0.1, 0.15) is 17.1 Å². The molecule has 0 spiro atoms. The van der Waals surface area contributed by atoms with Gasteiger partial charge in [-0.3, -0.25) is 9.59 Å². The molecule has 27 heavy (non-hydrogen) atoms. The maximum atomic E-state index is 12.0. The Morgan fingerprint density at radius 2 is 1.85 bits per heavy atom. The zero-order valence-electron chi connectivity index (χ0n) is 15.2. The lowest BCUT2D eigenvalue weighted by Gasteiger charge is -2.12. The first-order valence-electron chi connectivity index (χ1n) is 8.22. The van der Waals surface area contributed by atoms with Crippen LogP contribution >= 0.6 is 0 Å². The molecule has 0 unspecified atom stereocenters. The van der Waals surface area contributed by atoms with E-state index < -0.39 is 5.91 Å². The molecule has 1 aromatic carbocycles. The number of primary amides is 1. The number of anilines is 1. The van der Waals surface area contributed by atoms with E-state index in [9.17, 15) is 9.59 Å². The Hall–Kier alpha value is -3.61. The van der Waals surface area contributed by atoms with Crippen molar-refractivity contribution in [3.8, 4) is 28.5 Å². The predicted octanol–water partition coefficient (Wildman–Crippen LogP) is 3.38. The zero-order chi connectivity index (χ0) is 19.6. The lowest BCUT2D eigenvalue weighted by molar-refractivity contribution is -0.114. The molecule has 0 radical (unpaired) electrons. The quantitative estimate of drug-likeness (QED) is 0.721. The molecular formula is C20H19N3O4. The second-order valence-electron chi connectivity index (χ2n) is 5.97. The number of rotatable bonds is 5. The molecule has 0 bridgehead atoms. The van der Waals surface area contributed by atoms with Gasteiger partial charge in [-0.15, -0.1) is 0 Å². The van der Waals surface area contributed by atoms with E-state index in [2.05, 4.69) is 10.3 Å². The number of methoxy groups -OCH3 is 1. The SMILES string of the molecule is COc1nc(-c2ccc(NC(C)=O)cc2)cc(-c2ccc(C)o2)c1C(N)=O. The second kappa shape index (κ2) is 7.33. The molecular weight excluding hydrogens is 346 g/mol. The number of benzene rings is 1. The van der Waals surface area contributed by atoms with E-state index in [0.29, 0.717) is 28.5 Å². The number of furan rings is 1. The standard InChI is InChI=1S/C20H19N3O4/c1-11-4-9-17(27-11)15-10-16(23-20(26-3)18(15)19(21)25)13-5-7-14(8-6-13)22-12(2)24/h4-10H,1-3H3,(H2,21,25)(H,22,24). The maximum Gasteiger partial charge on any atom is 0.254 e. The Bertz CT molecular complexity index is 1010. The molecule has 0 fully saturated rings. The van der Waals surface area contributed by atoms with Crippen molar-refractivity contribution in [2.24, 2.45) is 5.73 Å². The molecule has 3 rings (SSSR count). The number of aryl methyl sites for hydroxylation is 1. The fraction of sp³-hybridized carbons (Fsp3) is 0.150. The normalized spacial score (nSPS) is 10.5. The molecule has 7 nitrogen and oxygen atoms in total. The third kappa shape index (κ3) is 3.82. The molecule has 138 valence electrons. The Morgan fingerprint density at radius 1 is 1.15 bits per heavy atom. The molecule has 3 N–H and O–H groups in total. The molecule has 7 heteroatoms. The van der Waals surface area contributed by atoms with Crippen LogP contribution in [0.2, 0.25) is 0 Å². The number of nitrogens with two attached hydrogens (primary N) is 1. The van der Waals surface area contributed by atoms with E-state index in [-0.39, 0.29) is 17.4 Å². The highest BCUT2D eigenvalue weighted by molar-refractivity contribution is 6.02. The van der Waals surface area contributed by atoms with Crippen molar-refractivity contribution in [3.05, 3.63) is 53.8 Å². The summed E-state index contributed by atoms with van der Waals surface area (Å²) >= 11 is 0. The van der Waals surface area contributed by atoms with Crippen molar-refractivity contribution in [3.63, 3.8) is 0 Å². The van der Waals surface area contributed by atoms with E-state index in [1.54, 1.807) is 30.3 Å². The third-order valence-corrected chi connectivity index (χ3v) is 3.93. The summed E-state index contributed by atoms with van der Waals surface area (Å²) < 4.78 is 11.0. The van der Waals surface area contributed by atoms with Crippen LogP contribution in [0.1, 0.15) is 23.0 Å². The Kier molecular flexibility index (Phi) is 4.94. The lowest BCUT2D eigenvalue weighted by atomic mass is 10.0. The summed E-state index contributed by atoms with van der Waals surface area (Å²) in [6, 6.07) is 12.5. The molecule has 0 saturated carbocycles. The van der Waals surface area contributed by atoms with Gasteiger partial charge >= 0.3 is 0 Å². The molecule has 0 aliphatic carbocycles. The van der Waals surface area contributed by atoms with Crippen LogP contribution in [0.5, 0.6) is 5.88 Å². The van der Waals surface area contributed by atoms with E-state index in [4.69, 9.17) is 14.9 Å². The number of aromatic nitrogens is 1. The molecule has 2 amide bonds. The Morgan fingerprint density at radius 3 is 2.37 bits per heavy atom. The first kappa shape index (κ1) is 18.2. The van der Waals surface area contributed by atoms with Gasteiger partial charge in [0.15, 0.2) is 0 Å². The van der Waals surface area contributed by atoms with Crippen molar-refractivity contribution < 1.29 is 18.7 Å². The fourth-order valence-electron chi connectivity index (χ4n) is 2.76. The maximum absolute atomic E-state index is 12.0. The summed E-state index contributed by atoms with van der Waals surface area (Å²) in [6.07, 6.45) is 0. The van der Waals surface area contributed by atoms with Crippen LogP contribution in [0.15, 0.2) is 46.9 Å². The molecule has 2 aromatic heterocycles. The number of hydrogen-bond donors (Lipinski definition) is 2. The minimum Gasteiger partial charge on any atom is -0.480 e.